The quantitative estimate of drug-likeness (QED) is 0.327. The fraction of sp³-hybridized carbons (Fsp3) is 0.120. The van der Waals surface area contributed by atoms with Crippen molar-refractivity contribution in [2.45, 2.75) is 6.92 Å². The molecule has 0 fully saturated rings. The lowest BCUT2D eigenvalue weighted by Gasteiger charge is -2.11. The van der Waals surface area contributed by atoms with Crippen LogP contribution in [0.2, 0.25) is 0 Å². The molecule has 0 spiro atoms. The smallest absolute Gasteiger partial charge is 0.363 e. The molecule has 0 aliphatic carbocycles. The second-order valence-electron chi connectivity index (χ2n) is 7.05. The zero-order valence-corrected chi connectivity index (χ0v) is 16.8. The maximum atomic E-state index is 12.4. The molecule has 1 aliphatic rings. The molecule has 5 nitrogen and oxygen atoms in total. The zero-order chi connectivity index (χ0) is 21.1. The van der Waals surface area contributed by atoms with Gasteiger partial charge in [-0.05, 0) is 59.2 Å². The number of carbonyl (C=O) groups is 1. The van der Waals surface area contributed by atoms with Crippen LogP contribution in [-0.4, -0.2) is 25.6 Å². The highest BCUT2D eigenvalue weighted by atomic mass is 16.6. The van der Waals surface area contributed by atoms with E-state index < -0.39 is 5.97 Å². The van der Waals surface area contributed by atoms with Crippen molar-refractivity contribution < 1.29 is 19.0 Å². The van der Waals surface area contributed by atoms with E-state index in [1.165, 1.54) is 0 Å². The van der Waals surface area contributed by atoms with Crippen LogP contribution in [0.1, 0.15) is 18.1 Å². The van der Waals surface area contributed by atoms with E-state index in [0.29, 0.717) is 24.0 Å². The Morgan fingerprint density at radius 2 is 1.87 bits per heavy atom. The minimum Gasteiger partial charge on any atom is -0.493 e. The molecule has 0 N–H and O–H groups in total. The number of aliphatic imine (C=N–C) groups is 1. The number of benzene rings is 3. The maximum absolute atomic E-state index is 12.4. The predicted octanol–water partition coefficient (Wildman–Crippen LogP) is 5.15. The molecular weight excluding hydrogens is 378 g/mol. The highest BCUT2D eigenvalue weighted by Crippen LogP contribution is 2.30. The van der Waals surface area contributed by atoms with Gasteiger partial charge in [-0.25, -0.2) is 9.79 Å². The first kappa shape index (κ1) is 19.5. The largest absolute Gasteiger partial charge is 0.493 e. The summed E-state index contributed by atoms with van der Waals surface area (Å²) < 4.78 is 16.5. The molecule has 1 heterocycles. The van der Waals surface area contributed by atoms with Crippen molar-refractivity contribution in [1.82, 2.24) is 0 Å². The van der Waals surface area contributed by atoms with Crippen LogP contribution < -0.4 is 9.47 Å². The van der Waals surface area contributed by atoms with Gasteiger partial charge in [-0.1, -0.05) is 43.0 Å². The molecule has 0 aromatic heterocycles. The first-order valence-corrected chi connectivity index (χ1v) is 9.50. The van der Waals surface area contributed by atoms with Crippen LogP contribution in [0.5, 0.6) is 11.5 Å². The van der Waals surface area contributed by atoms with Crippen LogP contribution in [0.15, 0.2) is 83.5 Å². The van der Waals surface area contributed by atoms with Crippen molar-refractivity contribution in [3.63, 3.8) is 0 Å². The summed E-state index contributed by atoms with van der Waals surface area (Å²) in [5.41, 5.74) is 2.65. The normalized spacial score (nSPS) is 14.5. The number of methoxy groups -OCH3 is 1. The number of hydrogen-bond donors (Lipinski definition) is 0. The Morgan fingerprint density at radius 1 is 1.07 bits per heavy atom. The topological polar surface area (TPSA) is 57.1 Å². The lowest BCUT2D eigenvalue weighted by atomic mass is 10.1. The van der Waals surface area contributed by atoms with E-state index in [4.69, 9.17) is 14.2 Å². The number of esters is 1. The van der Waals surface area contributed by atoms with Crippen molar-refractivity contribution in [2.24, 2.45) is 4.99 Å². The van der Waals surface area contributed by atoms with Gasteiger partial charge in [-0.15, -0.1) is 0 Å². The monoisotopic (exact) mass is 399 g/mol. The van der Waals surface area contributed by atoms with Crippen molar-refractivity contribution in [3.05, 3.63) is 89.6 Å². The molecule has 0 atom stereocenters. The Hall–Kier alpha value is -3.86. The summed E-state index contributed by atoms with van der Waals surface area (Å²) in [4.78, 5) is 16.8. The highest BCUT2D eigenvalue weighted by molar-refractivity contribution is 6.13. The van der Waals surface area contributed by atoms with Crippen molar-refractivity contribution in [1.29, 1.82) is 0 Å². The Morgan fingerprint density at radius 3 is 2.63 bits per heavy atom. The average molecular weight is 399 g/mol. The van der Waals surface area contributed by atoms with Crippen molar-refractivity contribution in [3.8, 4) is 11.5 Å². The van der Waals surface area contributed by atoms with Gasteiger partial charge in [0.2, 0.25) is 5.90 Å². The number of carbonyl (C=O) groups excluding carboxylic acids is 1. The van der Waals surface area contributed by atoms with E-state index in [9.17, 15) is 4.79 Å². The Kier molecular flexibility index (Phi) is 5.35. The summed E-state index contributed by atoms with van der Waals surface area (Å²) in [6.45, 7) is 6.12. The molecule has 4 rings (SSSR count). The number of rotatable bonds is 6. The lowest BCUT2D eigenvalue weighted by molar-refractivity contribution is -0.129. The summed E-state index contributed by atoms with van der Waals surface area (Å²) in [7, 11) is 1.57. The molecule has 30 heavy (non-hydrogen) atoms. The summed E-state index contributed by atoms with van der Waals surface area (Å²) in [5.74, 6) is 0.984. The Bertz CT molecular complexity index is 1210. The number of nitrogens with zero attached hydrogens (tertiary/aromatic N) is 1. The molecule has 150 valence electrons. The molecule has 3 aromatic rings. The van der Waals surface area contributed by atoms with E-state index in [1.54, 1.807) is 25.3 Å². The van der Waals surface area contributed by atoms with Gasteiger partial charge >= 0.3 is 5.97 Å². The van der Waals surface area contributed by atoms with E-state index >= 15 is 0 Å². The molecule has 0 radical (unpaired) electrons. The molecule has 5 heteroatoms. The van der Waals surface area contributed by atoms with Gasteiger partial charge < -0.3 is 14.2 Å². The molecule has 1 aliphatic heterocycles. The molecule has 0 unspecified atom stereocenters. The van der Waals surface area contributed by atoms with Gasteiger partial charge in [0.05, 0.1) is 7.11 Å². The van der Waals surface area contributed by atoms with E-state index in [1.807, 2.05) is 55.5 Å². The lowest BCUT2D eigenvalue weighted by Crippen LogP contribution is -2.05. The predicted molar refractivity (Wildman–Crippen MR) is 118 cm³/mol. The highest BCUT2D eigenvalue weighted by Gasteiger charge is 2.24. The van der Waals surface area contributed by atoms with E-state index in [0.717, 1.165) is 27.5 Å². The summed E-state index contributed by atoms with van der Waals surface area (Å²) in [6.07, 6.45) is 1.67. The molecule has 3 aromatic carbocycles. The van der Waals surface area contributed by atoms with Crippen LogP contribution in [0.3, 0.4) is 0 Å². The van der Waals surface area contributed by atoms with Gasteiger partial charge in [0.25, 0.3) is 0 Å². The minimum atomic E-state index is -0.486. The average Bonchev–Trinajstić information content (AvgIpc) is 3.12. The van der Waals surface area contributed by atoms with Crippen LogP contribution >= 0.6 is 0 Å². The standard InChI is InChI=1S/C25H21NO4/c1-16(2)15-29-22-11-8-17(13-23(22)28-3)12-21-25(27)30-24(26-21)20-10-9-18-6-4-5-7-19(18)14-20/h4-14H,1,15H2,2-3H3/b21-12-. The summed E-state index contributed by atoms with van der Waals surface area (Å²) in [6, 6.07) is 19.3. The molecule has 0 amide bonds. The second kappa shape index (κ2) is 8.25. The van der Waals surface area contributed by atoms with Crippen molar-refractivity contribution in [2.75, 3.05) is 13.7 Å². The minimum absolute atomic E-state index is 0.232. The Balaban J connectivity index is 1.62. The molecule has 0 saturated heterocycles. The number of fused-ring (bicyclic) bond motifs is 1. The maximum Gasteiger partial charge on any atom is 0.363 e. The van der Waals surface area contributed by atoms with E-state index in [2.05, 4.69) is 11.6 Å². The number of ether oxygens (including phenoxy) is 3. The number of cyclic esters (lactones) is 1. The second-order valence-corrected chi connectivity index (χ2v) is 7.05. The Labute approximate surface area is 174 Å². The SMILES string of the molecule is C=C(C)COc1ccc(/C=C2\N=C(c3ccc4ccccc4c3)OC2=O)cc1OC. The summed E-state index contributed by atoms with van der Waals surface area (Å²) in [5, 5.41) is 2.17. The first-order valence-electron chi connectivity index (χ1n) is 9.50. The molecular formula is C25H21NO4. The molecule has 0 saturated carbocycles. The van der Waals surface area contributed by atoms with Crippen molar-refractivity contribution >= 4 is 28.7 Å². The van der Waals surface area contributed by atoms with Gasteiger partial charge in [0.15, 0.2) is 17.2 Å². The third kappa shape index (κ3) is 4.10. The van der Waals surface area contributed by atoms with Gasteiger partial charge in [0, 0.05) is 5.56 Å². The first-order chi connectivity index (χ1) is 14.5. The molecule has 0 bridgehead atoms. The number of hydrogen-bond acceptors (Lipinski definition) is 5. The fourth-order valence-electron chi connectivity index (χ4n) is 3.11. The van der Waals surface area contributed by atoms with E-state index in [-0.39, 0.29) is 5.70 Å². The third-order valence-electron chi connectivity index (χ3n) is 4.58. The fourth-order valence-corrected chi connectivity index (χ4v) is 3.11. The third-order valence-corrected chi connectivity index (χ3v) is 4.58. The van der Waals surface area contributed by atoms with Crippen LogP contribution in [0, 0.1) is 0 Å². The zero-order valence-electron chi connectivity index (χ0n) is 16.8. The summed E-state index contributed by atoms with van der Waals surface area (Å²) >= 11 is 0. The van der Waals surface area contributed by atoms with Gasteiger partial charge in [-0.3, -0.25) is 0 Å². The van der Waals surface area contributed by atoms with Gasteiger partial charge in [-0.2, -0.15) is 0 Å². The van der Waals surface area contributed by atoms with Gasteiger partial charge in [0.1, 0.15) is 6.61 Å². The van der Waals surface area contributed by atoms with Crippen LogP contribution in [-0.2, 0) is 9.53 Å². The van der Waals surface area contributed by atoms with Crippen LogP contribution in [0.25, 0.3) is 16.8 Å². The van der Waals surface area contributed by atoms with Crippen LogP contribution in [0.4, 0.5) is 0 Å².